The molecule has 1 aromatic rings. The second kappa shape index (κ2) is 5.35. The van der Waals surface area contributed by atoms with E-state index < -0.39 is 0 Å². The lowest BCUT2D eigenvalue weighted by Crippen LogP contribution is -2.49. The number of nitrogens with one attached hydrogen (secondary N) is 1. The number of likely N-dealkylation sites (tertiary alicyclic amines) is 1. The number of aryl methyl sites for hydroxylation is 1. The highest BCUT2D eigenvalue weighted by Crippen LogP contribution is 2.19. The Hall–Kier alpha value is -1.33. The fourth-order valence-corrected chi connectivity index (χ4v) is 2.98. The Bertz CT molecular complexity index is 451. The lowest BCUT2D eigenvalue weighted by atomic mass is 10.2. The fraction of sp³-hybridized carbons (Fsp3) is 0.643. The van der Waals surface area contributed by atoms with Crippen molar-refractivity contribution in [1.29, 1.82) is 0 Å². The van der Waals surface area contributed by atoms with E-state index in [2.05, 4.69) is 10.2 Å². The average molecular weight is 263 g/mol. The van der Waals surface area contributed by atoms with Crippen molar-refractivity contribution in [3.05, 3.63) is 23.7 Å². The number of furan rings is 1. The maximum Gasteiger partial charge on any atom is 0.289 e. The van der Waals surface area contributed by atoms with Gasteiger partial charge in [0, 0.05) is 45.3 Å². The van der Waals surface area contributed by atoms with E-state index in [0.29, 0.717) is 11.8 Å². The lowest BCUT2D eigenvalue weighted by Gasteiger charge is -2.32. The lowest BCUT2D eigenvalue weighted by molar-refractivity contribution is 0.0741. The average Bonchev–Trinajstić information content (AvgIpc) is 3.08. The summed E-state index contributed by atoms with van der Waals surface area (Å²) in [6.07, 6.45) is 1.07. The Balaban J connectivity index is 1.60. The summed E-state index contributed by atoms with van der Waals surface area (Å²) in [6.45, 7) is 7.83. The van der Waals surface area contributed by atoms with Crippen LogP contribution in [0.1, 0.15) is 22.7 Å². The molecule has 2 aliphatic rings. The number of amides is 1. The van der Waals surface area contributed by atoms with Crippen LogP contribution in [0.15, 0.2) is 16.5 Å². The standard InChI is InChI=1S/C14H21N3O2/c1-11-2-3-13(19-11)14(18)17-7-4-12(10-17)16-8-5-15-6-9-16/h2-3,12,15H,4-10H2,1H3. The van der Waals surface area contributed by atoms with Crippen LogP contribution in [0.4, 0.5) is 0 Å². The van der Waals surface area contributed by atoms with E-state index in [1.54, 1.807) is 6.07 Å². The molecule has 0 aliphatic carbocycles. The van der Waals surface area contributed by atoms with Gasteiger partial charge in [-0.2, -0.15) is 0 Å². The van der Waals surface area contributed by atoms with Gasteiger partial charge in [0.05, 0.1) is 0 Å². The fourth-order valence-electron chi connectivity index (χ4n) is 2.98. The maximum atomic E-state index is 12.3. The molecule has 1 N–H and O–H groups in total. The SMILES string of the molecule is Cc1ccc(C(=O)N2CCC(N3CCNCC3)C2)o1. The molecule has 0 saturated carbocycles. The van der Waals surface area contributed by atoms with Crippen LogP contribution in [-0.4, -0.2) is 61.0 Å². The molecule has 19 heavy (non-hydrogen) atoms. The van der Waals surface area contributed by atoms with Gasteiger partial charge in [0.1, 0.15) is 5.76 Å². The zero-order chi connectivity index (χ0) is 13.2. The Morgan fingerprint density at radius 2 is 2.11 bits per heavy atom. The summed E-state index contributed by atoms with van der Waals surface area (Å²) < 4.78 is 5.42. The van der Waals surface area contributed by atoms with Crippen LogP contribution in [0.5, 0.6) is 0 Å². The van der Waals surface area contributed by atoms with E-state index in [1.165, 1.54) is 0 Å². The predicted molar refractivity (Wildman–Crippen MR) is 72.2 cm³/mol. The third-order valence-corrected chi connectivity index (χ3v) is 4.07. The summed E-state index contributed by atoms with van der Waals surface area (Å²) >= 11 is 0. The van der Waals surface area contributed by atoms with Gasteiger partial charge >= 0.3 is 0 Å². The van der Waals surface area contributed by atoms with Crippen molar-refractivity contribution in [2.75, 3.05) is 39.3 Å². The first-order chi connectivity index (χ1) is 9.24. The highest BCUT2D eigenvalue weighted by atomic mass is 16.3. The van der Waals surface area contributed by atoms with Crippen LogP contribution in [0, 0.1) is 6.92 Å². The minimum absolute atomic E-state index is 0.0331. The topological polar surface area (TPSA) is 48.7 Å². The van der Waals surface area contributed by atoms with Gasteiger partial charge in [-0.25, -0.2) is 0 Å². The minimum atomic E-state index is 0.0331. The van der Waals surface area contributed by atoms with Crippen molar-refractivity contribution in [3.63, 3.8) is 0 Å². The zero-order valence-corrected chi connectivity index (χ0v) is 11.4. The Morgan fingerprint density at radius 3 is 2.79 bits per heavy atom. The normalized spacial score (nSPS) is 24.9. The van der Waals surface area contributed by atoms with Crippen LogP contribution in [0.3, 0.4) is 0 Å². The first kappa shape index (κ1) is 12.7. The van der Waals surface area contributed by atoms with Crippen molar-refractivity contribution in [1.82, 2.24) is 15.1 Å². The van der Waals surface area contributed by atoms with Gasteiger partial charge in [-0.1, -0.05) is 0 Å². The number of hydrogen-bond acceptors (Lipinski definition) is 4. The number of hydrogen-bond donors (Lipinski definition) is 1. The smallest absolute Gasteiger partial charge is 0.289 e. The zero-order valence-electron chi connectivity index (χ0n) is 11.4. The molecule has 2 fully saturated rings. The van der Waals surface area contributed by atoms with Gasteiger partial charge in [0.15, 0.2) is 5.76 Å². The van der Waals surface area contributed by atoms with Crippen LogP contribution in [-0.2, 0) is 0 Å². The summed E-state index contributed by atoms with van der Waals surface area (Å²) in [5, 5.41) is 3.36. The number of carbonyl (C=O) groups is 1. The molecule has 2 saturated heterocycles. The molecule has 3 heterocycles. The van der Waals surface area contributed by atoms with Crippen LogP contribution < -0.4 is 5.32 Å². The van der Waals surface area contributed by atoms with E-state index >= 15 is 0 Å². The second-order valence-electron chi connectivity index (χ2n) is 5.39. The molecule has 0 aromatic carbocycles. The molecule has 1 aromatic heterocycles. The third-order valence-electron chi connectivity index (χ3n) is 4.07. The summed E-state index contributed by atoms with van der Waals surface area (Å²) in [5.74, 6) is 1.30. The molecule has 3 rings (SSSR count). The van der Waals surface area contributed by atoms with Crippen molar-refractivity contribution in [2.45, 2.75) is 19.4 Å². The molecular weight excluding hydrogens is 242 g/mol. The Kier molecular flexibility index (Phi) is 3.57. The molecule has 2 aliphatic heterocycles. The molecule has 1 unspecified atom stereocenters. The van der Waals surface area contributed by atoms with Crippen molar-refractivity contribution in [3.8, 4) is 0 Å². The number of piperazine rings is 1. The molecule has 0 bridgehead atoms. The third kappa shape index (κ3) is 2.67. The summed E-state index contributed by atoms with van der Waals surface area (Å²) in [7, 11) is 0. The molecule has 0 spiro atoms. The molecule has 1 atom stereocenters. The van der Waals surface area contributed by atoms with Crippen molar-refractivity contribution in [2.24, 2.45) is 0 Å². The molecule has 0 radical (unpaired) electrons. The second-order valence-corrected chi connectivity index (χ2v) is 5.39. The quantitative estimate of drug-likeness (QED) is 0.853. The van der Waals surface area contributed by atoms with Crippen LogP contribution >= 0.6 is 0 Å². The number of rotatable bonds is 2. The first-order valence-corrected chi connectivity index (χ1v) is 7.04. The van der Waals surface area contributed by atoms with Crippen molar-refractivity contribution < 1.29 is 9.21 Å². The van der Waals surface area contributed by atoms with Crippen molar-refractivity contribution >= 4 is 5.91 Å². The Morgan fingerprint density at radius 1 is 1.32 bits per heavy atom. The summed E-state index contributed by atoms with van der Waals surface area (Å²) in [6, 6.07) is 4.13. The summed E-state index contributed by atoms with van der Waals surface area (Å²) in [4.78, 5) is 16.7. The van der Waals surface area contributed by atoms with Gasteiger partial charge in [-0.15, -0.1) is 0 Å². The number of carbonyl (C=O) groups excluding carboxylic acids is 1. The molecule has 5 heteroatoms. The molecule has 1 amide bonds. The van der Waals surface area contributed by atoms with E-state index in [-0.39, 0.29) is 5.91 Å². The molecule has 104 valence electrons. The van der Waals surface area contributed by atoms with Crippen LogP contribution in [0.25, 0.3) is 0 Å². The monoisotopic (exact) mass is 263 g/mol. The van der Waals surface area contributed by atoms with E-state index in [4.69, 9.17) is 4.42 Å². The maximum absolute atomic E-state index is 12.3. The number of nitrogens with zero attached hydrogens (tertiary/aromatic N) is 2. The highest BCUT2D eigenvalue weighted by molar-refractivity contribution is 5.91. The highest BCUT2D eigenvalue weighted by Gasteiger charge is 2.32. The van der Waals surface area contributed by atoms with Gasteiger partial charge in [0.25, 0.3) is 5.91 Å². The minimum Gasteiger partial charge on any atom is -0.456 e. The van der Waals surface area contributed by atoms with Crippen LogP contribution in [0.2, 0.25) is 0 Å². The largest absolute Gasteiger partial charge is 0.456 e. The predicted octanol–water partition coefficient (Wildman–Crippen LogP) is 0.708. The summed E-state index contributed by atoms with van der Waals surface area (Å²) in [5.41, 5.74) is 0. The van der Waals surface area contributed by atoms with E-state index in [0.717, 1.165) is 51.4 Å². The van der Waals surface area contributed by atoms with E-state index in [9.17, 15) is 4.79 Å². The van der Waals surface area contributed by atoms with Gasteiger partial charge in [0.2, 0.25) is 0 Å². The van der Waals surface area contributed by atoms with Gasteiger partial charge in [-0.3, -0.25) is 9.69 Å². The Labute approximate surface area is 113 Å². The molecular formula is C14H21N3O2. The molecule has 5 nitrogen and oxygen atoms in total. The van der Waals surface area contributed by atoms with Gasteiger partial charge in [-0.05, 0) is 25.5 Å². The first-order valence-electron chi connectivity index (χ1n) is 7.04. The van der Waals surface area contributed by atoms with E-state index in [1.807, 2.05) is 17.9 Å². The van der Waals surface area contributed by atoms with Gasteiger partial charge < -0.3 is 14.6 Å².